The van der Waals surface area contributed by atoms with Crippen LogP contribution in [0.3, 0.4) is 0 Å². The average molecular weight is 332 g/mol. The van der Waals surface area contributed by atoms with Crippen LogP contribution >= 0.6 is 15.9 Å². The fourth-order valence-electron chi connectivity index (χ4n) is 2.65. The molecule has 3 rings (SSSR count). The molecule has 2 N–H and O–H groups in total. The molecule has 1 unspecified atom stereocenters. The number of aryl methyl sites for hydroxylation is 1. The number of hydrogen-bond acceptors (Lipinski definition) is 2. The molecule has 1 heterocycles. The Bertz CT molecular complexity index is 609. The normalized spacial score (nSPS) is 21.1. The molecule has 104 valence electrons. The Kier molecular flexibility index (Phi) is 3.81. The molecule has 0 amide bonds. The molecule has 1 aliphatic heterocycles. The van der Waals surface area contributed by atoms with Gasteiger partial charge in [0.15, 0.2) is 0 Å². The molecule has 2 nitrogen and oxygen atoms in total. The van der Waals surface area contributed by atoms with Gasteiger partial charge in [-0.3, -0.25) is 0 Å². The molecule has 0 spiro atoms. The number of ether oxygens (including phenoxy) is 1. The summed E-state index contributed by atoms with van der Waals surface area (Å²) in [6, 6.07) is 14.7. The van der Waals surface area contributed by atoms with Gasteiger partial charge in [0.2, 0.25) is 0 Å². The quantitative estimate of drug-likeness (QED) is 0.877. The summed E-state index contributed by atoms with van der Waals surface area (Å²) in [4.78, 5) is 0. The number of halogens is 1. The van der Waals surface area contributed by atoms with Crippen LogP contribution in [-0.4, -0.2) is 0 Å². The van der Waals surface area contributed by atoms with E-state index in [0.29, 0.717) is 0 Å². The van der Waals surface area contributed by atoms with Gasteiger partial charge < -0.3 is 10.5 Å². The second-order valence-electron chi connectivity index (χ2n) is 5.23. The molecule has 2 atom stereocenters. The van der Waals surface area contributed by atoms with Gasteiger partial charge in [-0.15, -0.1) is 0 Å². The van der Waals surface area contributed by atoms with E-state index in [4.69, 9.17) is 10.5 Å². The van der Waals surface area contributed by atoms with Gasteiger partial charge in [0.05, 0.1) is 0 Å². The fourth-order valence-corrected chi connectivity index (χ4v) is 3.03. The van der Waals surface area contributed by atoms with Crippen molar-refractivity contribution in [1.82, 2.24) is 0 Å². The minimum Gasteiger partial charge on any atom is -0.485 e. The van der Waals surface area contributed by atoms with Crippen molar-refractivity contribution in [2.75, 3.05) is 0 Å². The molecular formula is C17H18BrNO. The first-order valence-corrected chi connectivity index (χ1v) is 7.77. The van der Waals surface area contributed by atoms with E-state index >= 15 is 0 Å². The predicted octanol–water partition coefficient (Wildman–Crippen LogP) is 4.54. The van der Waals surface area contributed by atoms with Crippen LogP contribution in [0.4, 0.5) is 0 Å². The third-order valence-corrected chi connectivity index (χ3v) is 4.36. The van der Waals surface area contributed by atoms with E-state index < -0.39 is 0 Å². The lowest BCUT2D eigenvalue weighted by molar-refractivity contribution is 0.161. The zero-order chi connectivity index (χ0) is 14.1. The first-order chi connectivity index (χ1) is 9.67. The highest BCUT2D eigenvalue weighted by Crippen LogP contribution is 2.40. The molecule has 0 saturated heterocycles. The maximum atomic E-state index is 6.30. The van der Waals surface area contributed by atoms with Crippen LogP contribution in [-0.2, 0) is 6.42 Å². The van der Waals surface area contributed by atoms with Crippen molar-refractivity contribution in [2.24, 2.45) is 5.73 Å². The molecule has 3 heteroatoms. The van der Waals surface area contributed by atoms with Crippen molar-refractivity contribution in [1.29, 1.82) is 0 Å². The summed E-state index contributed by atoms with van der Waals surface area (Å²) in [6.45, 7) is 2.16. The summed E-state index contributed by atoms with van der Waals surface area (Å²) in [5.74, 6) is 0.900. The smallest absolute Gasteiger partial charge is 0.126 e. The molecule has 1 aliphatic rings. The third kappa shape index (κ3) is 2.60. The minimum absolute atomic E-state index is 0.0205. The van der Waals surface area contributed by atoms with Crippen LogP contribution in [0.25, 0.3) is 0 Å². The van der Waals surface area contributed by atoms with Crippen LogP contribution in [0.5, 0.6) is 5.75 Å². The summed E-state index contributed by atoms with van der Waals surface area (Å²) in [5, 5.41) is 0. The molecule has 0 aliphatic carbocycles. The van der Waals surface area contributed by atoms with E-state index in [2.05, 4.69) is 53.2 Å². The topological polar surface area (TPSA) is 35.2 Å². The summed E-state index contributed by atoms with van der Waals surface area (Å²) < 4.78 is 7.16. The lowest BCUT2D eigenvalue weighted by atomic mass is 9.93. The highest BCUT2D eigenvalue weighted by molar-refractivity contribution is 9.10. The fraction of sp³-hybridized carbons (Fsp3) is 0.294. The molecule has 0 saturated carbocycles. The van der Waals surface area contributed by atoms with Gasteiger partial charge in [-0.2, -0.15) is 0 Å². The Morgan fingerprint density at radius 1 is 1.20 bits per heavy atom. The van der Waals surface area contributed by atoms with E-state index in [-0.39, 0.29) is 12.1 Å². The lowest BCUT2D eigenvalue weighted by Crippen LogP contribution is -2.24. The summed E-state index contributed by atoms with van der Waals surface area (Å²) in [7, 11) is 0. The standard InChI is InChI=1S/C17H18BrNO/c1-2-11-3-5-12(6-4-11)17-10-15(19)14-9-13(18)7-8-16(14)20-17/h3-9,15,17H,2,10,19H2,1H3/t15-,17?/m1/s1. The van der Waals surface area contributed by atoms with E-state index in [0.717, 1.165) is 28.6 Å². The zero-order valence-corrected chi connectivity index (χ0v) is 13.1. The average Bonchev–Trinajstić information content (AvgIpc) is 2.48. The largest absolute Gasteiger partial charge is 0.485 e. The van der Waals surface area contributed by atoms with Crippen LogP contribution in [0.2, 0.25) is 0 Å². The molecule has 0 bridgehead atoms. The Labute approximate surface area is 128 Å². The van der Waals surface area contributed by atoms with Gasteiger partial charge in [-0.1, -0.05) is 47.1 Å². The maximum absolute atomic E-state index is 6.30. The van der Waals surface area contributed by atoms with Gasteiger partial charge >= 0.3 is 0 Å². The molecule has 2 aromatic rings. The SMILES string of the molecule is CCc1ccc(C2C[C@@H](N)c3cc(Br)ccc3O2)cc1. The highest BCUT2D eigenvalue weighted by Gasteiger charge is 2.27. The van der Waals surface area contributed by atoms with Crippen molar-refractivity contribution >= 4 is 15.9 Å². The van der Waals surface area contributed by atoms with E-state index in [9.17, 15) is 0 Å². The molecule has 2 aromatic carbocycles. The van der Waals surface area contributed by atoms with Crippen LogP contribution in [0.1, 0.15) is 42.2 Å². The second-order valence-corrected chi connectivity index (χ2v) is 6.14. The second kappa shape index (κ2) is 5.58. The number of nitrogens with two attached hydrogens (primary N) is 1. The van der Waals surface area contributed by atoms with Gasteiger partial charge in [0, 0.05) is 22.5 Å². The van der Waals surface area contributed by atoms with E-state index in [1.165, 1.54) is 11.1 Å². The molecular weight excluding hydrogens is 314 g/mol. The summed E-state index contributed by atoms with van der Waals surface area (Å²) in [5.41, 5.74) is 9.93. The van der Waals surface area contributed by atoms with E-state index in [1.54, 1.807) is 0 Å². The van der Waals surface area contributed by atoms with Crippen LogP contribution in [0.15, 0.2) is 46.9 Å². The molecule has 0 aromatic heterocycles. The predicted molar refractivity (Wildman–Crippen MR) is 84.9 cm³/mol. The Balaban J connectivity index is 1.88. The first kappa shape index (κ1) is 13.7. The van der Waals surface area contributed by atoms with Gasteiger partial charge in [0.1, 0.15) is 11.9 Å². The highest BCUT2D eigenvalue weighted by atomic mass is 79.9. The van der Waals surface area contributed by atoms with Crippen LogP contribution < -0.4 is 10.5 Å². The van der Waals surface area contributed by atoms with Crippen molar-refractivity contribution in [3.63, 3.8) is 0 Å². The van der Waals surface area contributed by atoms with Crippen LogP contribution in [0, 0.1) is 0 Å². The Morgan fingerprint density at radius 2 is 1.95 bits per heavy atom. The molecule has 20 heavy (non-hydrogen) atoms. The van der Waals surface area contributed by atoms with Crippen molar-refractivity contribution in [3.8, 4) is 5.75 Å². The van der Waals surface area contributed by atoms with Crippen molar-refractivity contribution in [2.45, 2.75) is 31.9 Å². The Morgan fingerprint density at radius 3 is 2.65 bits per heavy atom. The first-order valence-electron chi connectivity index (χ1n) is 6.98. The van der Waals surface area contributed by atoms with Crippen molar-refractivity contribution < 1.29 is 4.74 Å². The van der Waals surface area contributed by atoms with Gasteiger partial charge in [-0.05, 0) is 35.7 Å². The zero-order valence-electron chi connectivity index (χ0n) is 11.5. The number of hydrogen-bond donors (Lipinski definition) is 1. The number of rotatable bonds is 2. The molecule has 0 fully saturated rings. The lowest BCUT2D eigenvalue weighted by Gasteiger charge is -2.30. The van der Waals surface area contributed by atoms with Gasteiger partial charge in [-0.25, -0.2) is 0 Å². The number of benzene rings is 2. The van der Waals surface area contributed by atoms with Crippen molar-refractivity contribution in [3.05, 3.63) is 63.6 Å². The third-order valence-electron chi connectivity index (χ3n) is 3.87. The Hall–Kier alpha value is -1.32. The maximum Gasteiger partial charge on any atom is 0.126 e. The van der Waals surface area contributed by atoms with Gasteiger partial charge in [0.25, 0.3) is 0 Å². The van der Waals surface area contributed by atoms with E-state index in [1.807, 2.05) is 12.1 Å². The molecule has 0 radical (unpaired) electrons. The monoisotopic (exact) mass is 331 g/mol. The minimum atomic E-state index is 0.0205. The number of fused-ring (bicyclic) bond motifs is 1. The summed E-state index contributed by atoms with van der Waals surface area (Å²) >= 11 is 3.48. The summed E-state index contributed by atoms with van der Waals surface area (Å²) in [6.07, 6.45) is 1.92.